The predicted molar refractivity (Wildman–Crippen MR) is 91.7 cm³/mol. The Kier molecular flexibility index (Phi) is 4.15. The molecule has 0 radical (unpaired) electrons. The third kappa shape index (κ3) is 2.97. The molecule has 2 nitrogen and oxygen atoms in total. The molecule has 0 amide bonds. The number of carbonyl (C=O) groups excluding carboxylic acids is 2. The SMILES string of the molecule is Cc1ccccc1-c1ccccc1C(=O)C(=O)c1ccccc1. The van der Waals surface area contributed by atoms with Gasteiger partial charge in [-0.1, -0.05) is 78.9 Å². The fraction of sp³-hybridized carbons (Fsp3) is 0.0476. The minimum Gasteiger partial charge on any atom is -0.285 e. The van der Waals surface area contributed by atoms with E-state index in [0.717, 1.165) is 16.7 Å². The van der Waals surface area contributed by atoms with E-state index in [2.05, 4.69) is 0 Å². The molecule has 0 fully saturated rings. The maximum atomic E-state index is 12.7. The second-order valence-corrected chi connectivity index (χ2v) is 5.38. The second kappa shape index (κ2) is 6.41. The van der Waals surface area contributed by atoms with E-state index in [1.54, 1.807) is 36.4 Å². The summed E-state index contributed by atoms with van der Waals surface area (Å²) < 4.78 is 0. The standard InChI is InChI=1S/C21H16O2/c1-15-9-5-6-12-17(15)18-13-7-8-14-19(18)21(23)20(22)16-10-3-2-4-11-16/h2-14H,1H3. The molecule has 112 valence electrons. The van der Waals surface area contributed by atoms with Gasteiger partial charge in [-0.15, -0.1) is 0 Å². The number of Topliss-reactive ketones (excluding diaryl/α,β-unsaturated/α-hetero) is 2. The Morgan fingerprint density at radius 1 is 0.609 bits per heavy atom. The van der Waals surface area contributed by atoms with E-state index in [4.69, 9.17) is 0 Å². The molecule has 0 aliphatic rings. The monoisotopic (exact) mass is 300 g/mol. The van der Waals surface area contributed by atoms with Crippen molar-refractivity contribution in [3.05, 3.63) is 95.6 Å². The van der Waals surface area contributed by atoms with E-state index in [1.807, 2.05) is 49.4 Å². The van der Waals surface area contributed by atoms with Gasteiger partial charge >= 0.3 is 0 Å². The zero-order chi connectivity index (χ0) is 16.2. The summed E-state index contributed by atoms with van der Waals surface area (Å²) in [5.74, 6) is -0.957. The average molecular weight is 300 g/mol. The van der Waals surface area contributed by atoms with Crippen LogP contribution in [-0.2, 0) is 0 Å². The summed E-state index contributed by atoms with van der Waals surface area (Å²) in [5, 5.41) is 0. The van der Waals surface area contributed by atoms with Crippen molar-refractivity contribution in [2.24, 2.45) is 0 Å². The van der Waals surface area contributed by atoms with Crippen molar-refractivity contribution in [3.8, 4) is 11.1 Å². The van der Waals surface area contributed by atoms with Gasteiger partial charge < -0.3 is 0 Å². The lowest BCUT2D eigenvalue weighted by molar-refractivity contribution is 0.0817. The second-order valence-electron chi connectivity index (χ2n) is 5.38. The molecule has 0 unspecified atom stereocenters. The molecule has 23 heavy (non-hydrogen) atoms. The first-order valence-corrected chi connectivity index (χ1v) is 7.47. The van der Waals surface area contributed by atoms with Gasteiger partial charge in [0, 0.05) is 11.1 Å². The third-order valence-corrected chi connectivity index (χ3v) is 3.85. The molecule has 0 aliphatic heterocycles. The van der Waals surface area contributed by atoms with Gasteiger partial charge in [0.25, 0.3) is 0 Å². The average Bonchev–Trinajstić information content (AvgIpc) is 2.62. The first kappa shape index (κ1) is 14.9. The Morgan fingerprint density at radius 3 is 1.87 bits per heavy atom. The highest BCUT2D eigenvalue weighted by atomic mass is 16.2. The van der Waals surface area contributed by atoms with Crippen molar-refractivity contribution >= 4 is 11.6 Å². The number of benzene rings is 3. The van der Waals surface area contributed by atoms with Crippen LogP contribution >= 0.6 is 0 Å². The maximum Gasteiger partial charge on any atom is 0.234 e. The van der Waals surface area contributed by atoms with Crippen LogP contribution in [0.1, 0.15) is 26.3 Å². The zero-order valence-electron chi connectivity index (χ0n) is 12.8. The van der Waals surface area contributed by atoms with Gasteiger partial charge in [0.2, 0.25) is 11.6 Å². The van der Waals surface area contributed by atoms with Crippen molar-refractivity contribution in [3.63, 3.8) is 0 Å². The van der Waals surface area contributed by atoms with Gasteiger partial charge in [0.05, 0.1) is 0 Å². The van der Waals surface area contributed by atoms with Crippen LogP contribution in [0.5, 0.6) is 0 Å². The van der Waals surface area contributed by atoms with Gasteiger partial charge in [0.15, 0.2) is 0 Å². The lowest BCUT2D eigenvalue weighted by Gasteiger charge is -2.11. The van der Waals surface area contributed by atoms with Gasteiger partial charge in [-0.25, -0.2) is 0 Å². The molecular formula is C21H16O2. The van der Waals surface area contributed by atoms with Crippen molar-refractivity contribution < 1.29 is 9.59 Å². The molecule has 0 saturated carbocycles. The lowest BCUT2D eigenvalue weighted by Crippen LogP contribution is -2.15. The fourth-order valence-corrected chi connectivity index (χ4v) is 2.63. The number of hydrogen-bond donors (Lipinski definition) is 0. The molecule has 3 aromatic carbocycles. The number of aryl methyl sites for hydroxylation is 1. The highest BCUT2D eigenvalue weighted by Gasteiger charge is 2.21. The quantitative estimate of drug-likeness (QED) is 0.516. The van der Waals surface area contributed by atoms with E-state index in [1.165, 1.54) is 0 Å². The molecule has 0 aromatic heterocycles. The Labute approximate surface area is 135 Å². The molecule has 3 aromatic rings. The van der Waals surface area contributed by atoms with Gasteiger partial charge in [-0.2, -0.15) is 0 Å². The summed E-state index contributed by atoms with van der Waals surface area (Å²) in [4.78, 5) is 25.2. The summed E-state index contributed by atoms with van der Waals surface area (Å²) in [6.07, 6.45) is 0. The van der Waals surface area contributed by atoms with E-state index in [9.17, 15) is 9.59 Å². The van der Waals surface area contributed by atoms with Crippen molar-refractivity contribution in [1.82, 2.24) is 0 Å². The molecule has 0 spiro atoms. The van der Waals surface area contributed by atoms with E-state index < -0.39 is 11.6 Å². The van der Waals surface area contributed by atoms with Gasteiger partial charge in [-0.3, -0.25) is 9.59 Å². The van der Waals surface area contributed by atoms with Crippen LogP contribution in [0.3, 0.4) is 0 Å². The number of ketones is 2. The van der Waals surface area contributed by atoms with E-state index >= 15 is 0 Å². The largest absolute Gasteiger partial charge is 0.285 e. The van der Waals surface area contributed by atoms with Crippen LogP contribution in [0.4, 0.5) is 0 Å². The molecule has 3 rings (SSSR count). The van der Waals surface area contributed by atoms with Gasteiger partial charge in [-0.05, 0) is 23.6 Å². The third-order valence-electron chi connectivity index (χ3n) is 3.85. The van der Waals surface area contributed by atoms with Crippen molar-refractivity contribution in [1.29, 1.82) is 0 Å². The van der Waals surface area contributed by atoms with Crippen molar-refractivity contribution in [2.75, 3.05) is 0 Å². The van der Waals surface area contributed by atoms with E-state index in [-0.39, 0.29) is 0 Å². The summed E-state index contributed by atoms with van der Waals surface area (Å²) in [7, 11) is 0. The lowest BCUT2D eigenvalue weighted by atomic mass is 9.91. The molecule has 0 aliphatic carbocycles. The molecule has 0 bridgehead atoms. The summed E-state index contributed by atoms with van der Waals surface area (Å²) in [6.45, 7) is 2.00. The molecule has 0 heterocycles. The van der Waals surface area contributed by atoms with Gasteiger partial charge in [0.1, 0.15) is 0 Å². The zero-order valence-corrected chi connectivity index (χ0v) is 12.8. The number of rotatable bonds is 4. The Balaban J connectivity index is 2.06. The summed E-state index contributed by atoms with van der Waals surface area (Å²) in [6, 6.07) is 23.8. The first-order valence-electron chi connectivity index (χ1n) is 7.47. The van der Waals surface area contributed by atoms with Crippen LogP contribution in [0.15, 0.2) is 78.9 Å². The molecule has 2 heteroatoms. The van der Waals surface area contributed by atoms with Crippen LogP contribution in [0, 0.1) is 6.92 Å². The Hall–Kier alpha value is -3.00. The Morgan fingerprint density at radius 2 is 1.17 bits per heavy atom. The minimum atomic E-state index is -0.480. The fourth-order valence-electron chi connectivity index (χ4n) is 2.63. The Bertz CT molecular complexity index is 864. The minimum absolute atomic E-state index is 0.414. The van der Waals surface area contributed by atoms with Crippen LogP contribution in [-0.4, -0.2) is 11.6 Å². The molecule has 0 atom stereocenters. The number of carbonyl (C=O) groups is 2. The first-order chi connectivity index (χ1) is 11.2. The maximum absolute atomic E-state index is 12.7. The molecule has 0 N–H and O–H groups in total. The topological polar surface area (TPSA) is 34.1 Å². The number of hydrogen-bond acceptors (Lipinski definition) is 2. The predicted octanol–water partition coefficient (Wildman–Crippen LogP) is 4.73. The highest BCUT2D eigenvalue weighted by molar-refractivity contribution is 6.50. The van der Waals surface area contributed by atoms with E-state index in [0.29, 0.717) is 11.1 Å². The summed E-state index contributed by atoms with van der Waals surface area (Å²) >= 11 is 0. The van der Waals surface area contributed by atoms with Crippen LogP contribution in [0.2, 0.25) is 0 Å². The smallest absolute Gasteiger partial charge is 0.234 e. The van der Waals surface area contributed by atoms with Crippen LogP contribution in [0.25, 0.3) is 11.1 Å². The highest BCUT2D eigenvalue weighted by Crippen LogP contribution is 2.27. The molecular weight excluding hydrogens is 284 g/mol. The molecule has 0 saturated heterocycles. The van der Waals surface area contributed by atoms with Crippen molar-refractivity contribution in [2.45, 2.75) is 6.92 Å². The van der Waals surface area contributed by atoms with Crippen LogP contribution < -0.4 is 0 Å². The summed E-state index contributed by atoms with van der Waals surface area (Å²) in [5.41, 5.74) is 3.69. The normalized spacial score (nSPS) is 10.3.